The number of hydrogen-bond donors (Lipinski definition) is 2. The van der Waals surface area contributed by atoms with Gasteiger partial charge in [0.05, 0.1) is 25.1 Å². The standard InChI is InChI=1S/C17H14ClF3N4O3/c18-13-14(16(26)22-8-9-3-1-5-27-9)24-25-12(17(19,20)21)7-10(23-15(13)25)11-4-2-6-28-11/h1-6,10,12,23H,7-8H2,(H,22,26)/t10-,12-/m0/s1. The van der Waals surface area contributed by atoms with E-state index in [0.29, 0.717) is 16.2 Å². The van der Waals surface area contributed by atoms with E-state index in [1.807, 2.05) is 0 Å². The second-order valence-electron chi connectivity index (χ2n) is 6.22. The summed E-state index contributed by atoms with van der Waals surface area (Å²) < 4.78 is 52.0. The Morgan fingerprint density at radius 2 is 2.07 bits per heavy atom. The topological polar surface area (TPSA) is 85.2 Å². The van der Waals surface area contributed by atoms with E-state index in [1.54, 1.807) is 24.3 Å². The number of nitrogens with one attached hydrogen (secondary N) is 2. The average molecular weight is 415 g/mol. The van der Waals surface area contributed by atoms with Crippen molar-refractivity contribution < 1.29 is 26.8 Å². The quantitative estimate of drug-likeness (QED) is 0.664. The summed E-state index contributed by atoms with van der Waals surface area (Å²) in [6.07, 6.45) is -2.12. The van der Waals surface area contributed by atoms with Gasteiger partial charge in [-0.05, 0) is 24.3 Å². The number of nitrogens with zero attached hydrogens (tertiary/aromatic N) is 2. The van der Waals surface area contributed by atoms with Gasteiger partial charge in [-0.15, -0.1) is 0 Å². The van der Waals surface area contributed by atoms with Gasteiger partial charge >= 0.3 is 6.18 Å². The number of carbonyl (C=O) groups excluding carboxylic acids is 1. The van der Waals surface area contributed by atoms with Gasteiger partial charge < -0.3 is 19.5 Å². The van der Waals surface area contributed by atoms with Gasteiger partial charge in [0, 0.05) is 6.42 Å². The minimum absolute atomic E-state index is 0.0511. The van der Waals surface area contributed by atoms with Crippen molar-refractivity contribution in [2.24, 2.45) is 0 Å². The van der Waals surface area contributed by atoms with Crippen LogP contribution in [-0.4, -0.2) is 21.9 Å². The molecule has 11 heteroatoms. The fraction of sp³-hybridized carbons (Fsp3) is 0.294. The number of anilines is 1. The molecule has 1 aliphatic heterocycles. The number of fused-ring (bicyclic) bond motifs is 1. The number of aromatic nitrogens is 2. The van der Waals surface area contributed by atoms with Crippen LogP contribution in [0.4, 0.5) is 19.0 Å². The van der Waals surface area contributed by atoms with E-state index in [9.17, 15) is 18.0 Å². The molecule has 2 N–H and O–H groups in total. The van der Waals surface area contributed by atoms with E-state index < -0.39 is 24.2 Å². The highest BCUT2D eigenvalue weighted by atomic mass is 35.5. The molecule has 1 amide bonds. The second kappa shape index (κ2) is 6.93. The lowest BCUT2D eigenvalue weighted by atomic mass is 10.0. The maximum absolute atomic E-state index is 13.6. The van der Waals surface area contributed by atoms with Crippen molar-refractivity contribution in [3.8, 4) is 0 Å². The summed E-state index contributed by atoms with van der Waals surface area (Å²) in [5, 5.41) is 9.06. The van der Waals surface area contributed by atoms with Gasteiger partial charge in [0.2, 0.25) is 0 Å². The fourth-order valence-electron chi connectivity index (χ4n) is 3.07. The van der Waals surface area contributed by atoms with Crippen LogP contribution in [0, 0.1) is 0 Å². The molecule has 0 spiro atoms. The smallest absolute Gasteiger partial charge is 0.410 e. The molecule has 0 bridgehead atoms. The maximum atomic E-state index is 13.6. The van der Waals surface area contributed by atoms with Crippen LogP contribution < -0.4 is 10.6 Å². The molecule has 0 fully saturated rings. The van der Waals surface area contributed by atoms with Crippen LogP contribution >= 0.6 is 11.6 Å². The Labute approximate surface area is 161 Å². The van der Waals surface area contributed by atoms with Gasteiger partial charge in [-0.3, -0.25) is 4.79 Å². The SMILES string of the molecule is O=C(NCc1ccco1)c1nn2c(c1Cl)N[C@H](c1ccco1)C[C@H]2C(F)(F)F. The molecule has 1 aliphatic rings. The van der Waals surface area contributed by atoms with Crippen molar-refractivity contribution in [3.63, 3.8) is 0 Å². The Morgan fingerprint density at radius 1 is 1.32 bits per heavy atom. The van der Waals surface area contributed by atoms with Crippen molar-refractivity contribution in [1.82, 2.24) is 15.1 Å². The molecule has 0 saturated heterocycles. The minimum Gasteiger partial charge on any atom is -0.467 e. The Morgan fingerprint density at radius 3 is 2.71 bits per heavy atom. The highest BCUT2D eigenvalue weighted by Gasteiger charge is 2.48. The molecule has 4 rings (SSSR count). The summed E-state index contributed by atoms with van der Waals surface area (Å²) in [7, 11) is 0. The van der Waals surface area contributed by atoms with E-state index in [0.717, 1.165) is 0 Å². The molecule has 3 aromatic rings. The zero-order valence-corrected chi connectivity index (χ0v) is 14.9. The highest BCUT2D eigenvalue weighted by Crippen LogP contribution is 2.46. The molecule has 0 aromatic carbocycles. The molecule has 148 valence electrons. The third kappa shape index (κ3) is 3.35. The molecule has 0 aliphatic carbocycles. The number of hydrogen-bond acceptors (Lipinski definition) is 5. The van der Waals surface area contributed by atoms with Gasteiger partial charge in [-0.1, -0.05) is 11.6 Å². The summed E-state index contributed by atoms with van der Waals surface area (Å²) in [6, 6.07) is 3.74. The summed E-state index contributed by atoms with van der Waals surface area (Å²) in [6.45, 7) is 0.0511. The first-order valence-electron chi connectivity index (χ1n) is 8.30. The number of rotatable bonds is 4. The maximum Gasteiger partial charge on any atom is 0.410 e. The Bertz CT molecular complexity index is 967. The van der Waals surface area contributed by atoms with Gasteiger partial charge in [0.15, 0.2) is 11.7 Å². The molecule has 3 aromatic heterocycles. The largest absolute Gasteiger partial charge is 0.467 e. The van der Waals surface area contributed by atoms with E-state index >= 15 is 0 Å². The molecule has 0 radical (unpaired) electrons. The summed E-state index contributed by atoms with van der Waals surface area (Å²) in [5.74, 6) is 0.0274. The summed E-state index contributed by atoms with van der Waals surface area (Å²) in [5.41, 5.74) is -0.301. The van der Waals surface area contributed by atoms with Crippen LogP contribution in [0.2, 0.25) is 5.02 Å². The molecular formula is C17H14ClF3N4O3. The third-order valence-corrected chi connectivity index (χ3v) is 4.76. The zero-order chi connectivity index (χ0) is 19.9. The van der Waals surface area contributed by atoms with Crippen LogP contribution in [0.3, 0.4) is 0 Å². The Kier molecular flexibility index (Phi) is 4.58. The van der Waals surface area contributed by atoms with E-state index in [-0.39, 0.29) is 29.5 Å². The average Bonchev–Trinajstić information content (AvgIpc) is 3.40. The van der Waals surface area contributed by atoms with E-state index in [4.69, 9.17) is 20.4 Å². The monoisotopic (exact) mass is 414 g/mol. The highest BCUT2D eigenvalue weighted by molar-refractivity contribution is 6.36. The van der Waals surface area contributed by atoms with Crippen LogP contribution in [0.5, 0.6) is 0 Å². The lowest BCUT2D eigenvalue weighted by molar-refractivity contribution is -0.174. The first-order chi connectivity index (χ1) is 13.3. The molecule has 7 nitrogen and oxygen atoms in total. The summed E-state index contributed by atoms with van der Waals surface area (Å²) in [4.78, 5) is 12.4. The lowest BCUT2D eigenvalue weighted by Gasteiger charge is -2.32. The predicted octanol–water partition coefficient (Wildman–Crippen LogP) is 4.31. The van der Waals surface area contributed by atoms with Crippen LogP contribution in [0.15, 0.2) is 45.6 Å². The van der Waals surface area contributed by atoms with Gasteiger partial charge in [-0.25, -0.2) is 4.68 Å². The summed E-state index contributed by atoms with van der Waals surface area (Å²) >= 11 is 6.21. The fourth-order valence-corrected chi connectivity index (χ4v) is 3.34. The van der Waals surface area contributed by atoms with E-state index in [1.165, 1.54) is 12.5 Å². The molecule has 4 heterocycles. The normalized spacial score (nSPS) is 19.1. The number of amides is 1. The molecule has 28 heavy (non-hydrogen) atoms. The van der Waals surface area contributed by atoms with Crippen molar-refractivity contribution in [2.45, 2.75) is 31.2 Å². The number of furan rings is 2. The van der Waals surface area contributed by atoms with Crippen molar-refractivity contribution in [2.75, 3.05) is 5.32 Å². The van der Waals surface area contributed by atoms with Gasteiger partial charge in [0.25, 0.3) is 5.91 Å². The predicted molar refractivity (Wildman–Crippen MR) is 91.9 cm³/mol. The minimum atomic E-state index is -4.58. The lowest BCUT2D eigenvalue weighted by Crippen LogP contribution is -2.35. The second-order valence-corrected chi connectivity index (χ2v) is 6.60. The molecule has 2 atom stereocenters. The van der Waals surface area contributed by atoms with Crippen LogP contribution in [-0.2, 0) is 6.54 Å². The first-order valence-corrected chi connectivity index (χ1v) is 8.67. The van der Waals surface area contributed by atoms with Crippen molar-refractivity contribution in [3.05, 3.63) is 59.0 Å². The third-order valence-electron chi connectivity index (χ3n) is 4.40. The van der Waals surface area contributed by atoms with Crippen molar-refractivity contribution in [1.29, 1.82) is 0 Å². The molecular weight excluding hydrogens is 401 g/mol. The number of halogens is 4. The van der Waals surface area contributed by atoms with Gasteiger partial charge in [-0.2, -0.15) is 18.3 Å². The first kappa shape index (κ1) is 18.5. The zero-order valence-electron chi connectivity index (χ0n) is 14.2. The Balaban J connectivity index is 1.65. The van der Waals surface area contributed by atoms with Crippen molar-refractivity contribution >= 4 is 23.3 Å². The van der Waals surface area contributed by atoms with Crippen LogP contribution in [0.25, 0.3) is 0 Å². The van der Waals surface area contributed by atoms with E-state index in [2.05, 4.69) is 15.7 Å². The molecule has 0 saturated carbocycles. The van der Waals surface area contributed by atoms with Crippen LogP contribution in [0.1, 0.15) is 40.5 Å². The van der Waals surface area contributed by atoms with Gasteiger partial charge in [0.1, 0.15) is 22.4 Å². The molecule has 0 unspecified atom stereocenters. The number of alkyl halides is 3. The number of carbonyl (C=O) groups is 1. The Hall–Kier alpha value is -2.88.